The molecule has 0 spiro atoms. The fourth-order valence-corrected chi connectivity index (χ4v) is 3.49. The summed E-state index contributed by atoms with van der Waals surface area (Å²) in [5, 5.41) is 8.41. The first kappa shape index (κ1) is 20.5. The van der Waals surface area contributed by atoms with Crippen molar-refractivity contribution in [2.75, 3.05) is 33.2 Å². The second-order valence-electron chi connectivity index (χ2n) is 6.05. The molecule has 0 unspecified atom stereocenters. The zero-order valence-corrected chi connectivity index (χ0v) is 17.3. The number of benzene rings is 2. The number of carbonyl (C=O) groups is 1. The van der Waals surface area contributed by atoms with Crippen molar-refractivity contribution in [3.8, 4) is 17.2 Å². The van der Waals surface area contributed by atoms with Crippen LogP contribution in [0.2, 0.25) is 0 Å². The number of thiazole rings is 1. The van der Waals surface area contributed by atoms with E-state index in [-0.39, 0.29) is 5.91 Å². The lowest BCUT2D eigenvalue weighted by molar-refractivity contribution is 0.0950. The molecule has 1 heterocycles. The molecule has 0 aliphatic carbocycles. The summed E-state index contributed by atoms with van der Waals surface area (Å²) < 4.78 is 15.9. The molecule has 7 nitrogen and oxygen atoms in total. The van der Waals surface area contributed by atoms with Crippen LogP contribution in [0.4, 0.5) is 10.8 Å². The molecule has 1 amide bonds. The predicted molar refractivity (Wildman–Crippen MR) is 114 cm³/mol. The lowest BCUT2D eigenvalue weighted by Crippen LogP contribution is -2.26. The summed E-state index contributed by atoms with van der Waals surface area (Å²) in [6.45, 7) is 0.495. The van der Waals surface area contributed by atoms with E-state index in [1.165, 1.54) is 11.3 Å². The van der Waals surface area contributed by atoms with E-state index in [0.29, 0.717) is 35.3 Å². The molecule has 2 N–H and O–H groups in total. The van der Waals surface area contributed by atoms with Crippen LogP contribution in [0.15, 0.2) is 47.8 Å². The minimum Gasteiger partial charge on any atom is -0.496 e. The van der Waals surface area contributed by atoms with Crippen molar-refractivity contribution in [3.63, 3.8) is 0 Å². The average molecular weight is 413 g/mol. The Balaban J connectivity index is 1.57. The van der Waals surface area contributed by atoms with E-state index in [1.54, 1.807) is 32.8 Å². The number of hydrogen-bond donors (Lipinski definition) is 2. The second-order valence-corrected chi connectivity index (χ2v) is 6.91. The Bertz CT molecular complexity index is 974. The number of hydrogen-bond acceptors (Lipinski definition) is 7. The molecular formula is C21H23N3O4S. The van der Waals surface area contributed by atoms with Gasteiger partial charge in [0.1, 0.15) is 11.4 Å². The van der Waals surface area contributed by atoms with Gasteiger partial charge < -0.3 is 24.8 Å². The van der Waals surface area contributed by atoms with E-state index in [1.807, 2.05) is 36.4 Å². The third kappa shape index (κ3) is 5.17. The van der Waals surface area contributed by atoms with E-state index in [9.17, 15) is 4.79 Å². The van der Waals surface area contributed by atoms with Gasteiger partial charge >= 0.3 is 0 Å². The van der Waals surface area contributed by atoms with Crippen molar-refractivity contribution in [2.45, 2.75) is 6.42 Å². The lowest BCUT2D eigenvalue weighted by Gasteiger charge is -2.09. The molecule has 0 atom stereocenters. The fraction of sp³-hybridized carbons (Fsp3) is 0.238. The van der Waals surface area contributed by atoms with Crippen molar-refractivity contribution in [1.29, 1.82) is 0 Å². The topological polar surface area (TPSA) is 81.7 Å². The summed E-state index contributed by atoms with van der Waals surface area (Å²) in [6.07, 6.45) is 0.677. The van der Waals surface area contributed by atoms with E-state index in [4.69, 9.17) is 14.2 Å². The van der Waals surface area contributed by atoms with Gasteiger partial charge in [-0.2, -0.15) is 0 Å². The summed E-state index contributed by atoms with van der Waals surface area (Å²) in [7, 11) is 4.81. The minimum atomic E-state index is -0.212. The predicted octanol–water partition coefficient (Wildman–Crippen LogP) is 3.89. The lowest BCUT2D eigenvalue weighted by atomic mass is 10.1. The minimum absolute atomic E-state index is 0.212. The van der Waals surface area contributed by atoms with Crippen molar-refractivity contribution >= 4 is 28.1 Å². The van der Waals surface area contributed by atoms with Crippen LogP contribution in [0.5, 0.6) is 17.2 Å². The molecule has 0 saturated heterocycles. The third-order valence-corrected chi connectivity index (χ3v) is 5.00. The van der Waals surface area contributed by atoms with Gasteiger partial charge in [-0.15, -0.1) is 11.3 Å². The molecule has 8 heteroatoms. The number of nitrogens with one attached hydrogen (secondary N) is 2. The monoisotopic (exact) mass is 413 g/mol. The summed E-state index contributed by atoms with van der Waals surface area (Å²) in [5.74, 6) is 1.86. The smallest absolute Gasteiger partial charge is 0.270 e. The number of amides is 1. The molecule has 2 aromatic carbocycles. The molecule has 0 fully saturated rings. The summed E-state index contributed by atoms with van der Waals surface area (Å²) >= 11 is 1.36. The Morgan fingerprint density at radius 3 is 2.52 bits per heavy atom. The van der Waals surface area contributed by atoms with Crippen LogP contribution in [0, 0.1) is 0 Å². The second kappa shape index (κ2) is 9.79. The zero-order chi connectivity index (χ0) is 20.6. The highest BCUT2D eigenvalue weighted by atomic mass is 32.1. The van der Waals surface area contributed by atoms with Crippen molar-refractivity contribution < 1.29 is 19.0 Å². The fourth-order valence-electron chi connectivity index (χ4n) is 2.78. The Kier molecular flexibility index (Phi) is 6.91. The van der Waals surface area contributed by atoms with Gasteiger partial charge in [0.05, 0.1) is 21.3 Å². The summed E-state index contributed by atoms with van der Waals surface area (Å²) in [5.41, 5.74) is 2.21. The molecule has 152 valence electrons. The first-order chi connectivity index (χ1) is 14.1. The standard InChI is InChI=1S/C21H23N3O4S/c1-26-17-7-5-4-6-14(17)10-11-22-20(25)16-13-29-21(24-16)23-15-8-9-18(27-2)19(12-15)28-3/h4-9,12-13H,10-11H2,1-3H3,(H,22,25)(H,23,24). The van der Waals surface area contributed by atoms with E-state index in [2.05, 4.69) is 15.6 Å². The average Bonchev–Trinajstić information content (AvgIpc) is 3.22. The molecule has 29 heavy (non-hydrogen) atoms. The molecule has 3 rings (SSSR count). The van der Waals surface area contributed by atoms with Gasteiger partial charge in [-0.25, -0.2) is 4.98 Å². The summed E-state index contributed by atoms with van der Waals surface area (Å²) in [4.78, 5) is 16.7. The highest BCUT2D eigenvalue weighted by Gasteiger charge is 2.12. The largest absolute Gasteiger partial charge is 0.496 e. The number of aromatic nitrogens is 1. The number of rotatable bonds is 9. The number of para-hydroxylation sites is 1. The molecule has 0 radical (unpaired) electrons. The van der Waals surface area contributed by atoms with Crippen LogP contribution >= 0.6 is 11.3 Å². The van der Waals surface area contributed by atoms with E-state index < -0.39 is 0 Å². The summed E-state index contributed by atoms with van der Waals surface area (Å²) in [6, 6.07) is 13.2. The Morgan fingerprint density at radius 1 is 1.00 bits per heavy atom. The molecule has 1 aromatic heterocycles. The third-order valence-electron chi connectivity index (χ3n) is 4.24. The van der Waals surface area contributed by atoms with Gasteiger partial charge in [0.2, 0.25) is 0 Å². The van der Waals surface area contributed by atoms with Crippen LogP contribution in [0.3, 0.4) is 0 Å². The van der Waals surface area contributed by atoms with Gasteiger partial charge in [0, 0.05) is 23.7 Å². The number of methoxy groups -OCH3 is 3. The van der Waals surface area contributed by atoms with Gasteiger partial charge in [-0.05, 0) is 30.2 Å². The Morgan fingerprint density at radius 2 is 1.76 bits per heavy atom. The van der Waals surface area contributed by atoms with Gasteiger partial charge in [-0.1, -0.05) is 18.2 Å². The van der Waals surface area contributed by atoms with Crippen molar-refractivity contribution in [2.24, 2.45) is 0 Å². The molecule has 0 bridgehead atoms. The van der Waals surface area contributed by atoms with E-state index in [0.717, 1.165) is 17.0 Å². The number of nitrogens with zero attached hydrogens (tertiary/aromatic N) is 1. The van der Waals surface area contributed by atoms with Gasteiger partial charge in [0.15, 0.2) is 16.6 Å². The van der Waals surface area contributed by atoms with Gasteiger partial charge in [-0.3, -0.25) is 4.79 Å². The SMILES string of the molecule is COc1ccccc1CCNC(=O)c1csc(Nc2ccc(OC)c(OC)c2)n1. The highest BCUT2D eigenvalue weighted by Crippen LogP contribution is 2.31. The van der Waals surface area contributed by atoms with Crippen LogP contribution in [0.25, 0.3) is 0 Å². The number of carbonyl (C=O) groups excluding carboxylic acids is 1. The van der Waals surface area contributed by atoms with Crippen molar-refractivity contribution in [1.82, 2.24) is 10.3 Å². The van der Waals surface area contributed by atoms with Crippen molar-refractivity contribution in [3.05, 3.63) is 59.1 Å². The number of ether oxygens (including phenoxy) is 3. The Hall–Kier alpha value is -3.26. The van der Waals surface area contributed by atoms with Gasteiger partial charge in [0.25, 0.3) is 5.91 Å². The molecule has 3 aromatic rings. The maximum absolute atomic E-state index is 12.4. The van der Waals surface area contributed by atoms with Crippen LogP contribution in [-0.2, 0) is 6.42 Å². The van der Waals surface area contributed by atoms with Crippen LogP contribution in [-0.4, -0.2) is 38.8 Å². The molecular weight excluding hydrogens is 390 g/mol. The zero-order valence-electron chi connectivity index (χ0n) is 16.5. The first-order valence-electron chi connectivity index (χ1n) is 8.99. The highest BCUT2D eigenvalue weighted by molar-refractivity contribution is 7.14. The molecule has 0 aliphatic heterocycles. The van der Waals surface area contributed by atoms with E-state index >= 15 is 0 Å². The maximum Gasteiger partial charge on any atom is 0.270 e. The van der Waals surface area contributed by atoms with Crippen LogP contribution < -0.4 is 24.8 Å². The molecule has 0 aliphatic rings. The Labute approximate surface area is 173 Å². The normalized spacial score (nSPS) is 10.3. The first-order valence-corrected chi connectivity index (χ1v) is 9.87. The molecule has 0 saturated carbocycles. The number of anilines is 2. The maximum atomic E-state index is 12.4. The van der Waals surface area contributed by atoms with Crippen LogP contribution in [0.1, 0.15) is 16.1 Å². The quantitative estimate of drug-likeness (QED) is 0.554.